The van der Waals surface area contributed by atoms with Crippen molar-refractivity contribution in [2.75, 3.05) is 18.5 Å². The van der Waals surface area contributed by atoms with Crippen molar-refractivity contribution in [1.29, 1.82) is 0 Å². The maximum atomic E-state index is 12.6. The van der Waals surface area contributed by atoms with E-state index in [9.17, 15) is 19.7 Å². The van der Waals surface area contributed by atoms with Crippen LogP contribution in [0.15, 0.2) is 53.9 Å². The van der Waals surface area contributed by atoms with Gasteiger partial charge in [0.1, 0.15) is 10.6 Å². The molecule has 0 aliphatic heterocycles. The third-order valence-electron chi connectivity index (χ3n) is 4.10. The van der Waals surface area contributed by atoms with Crippen LogP contribution in [0.2, 0.25) is 5.02 Å². The molecular formula is C21H17ClN2O6S. The average Bonchev–Trinajstić information content (AvgIpc) is 3.16. The van der Waals surface area contributed by atoms with E-state index < -0.39 is 23.4 Å². The lowest BCUT2D eigenvalue weighted by atomic mass is 10.0. The molecule has 160 valence electrons. The topological polar surface area (TPSA) is 108 Å². The number of nitrogens with zero attached hydrogens (tertiary/aromatic N) is 1. The second kappa shape index (κ2) is 10.1. The average molecular weight is 461 g/mol. The smallest absolute Gasteiger partial charge is 0.341 e. The highest BCUT2D eigenvalue weighted by molar-refractivity contribution is 7.15. The zero-order valence-electron chi connectivity index (χ0n) is 16.3. The fraction of sp³-hybridized carbons (Fsp3) is 0.143. The summed E-state index contributed by atoms with van der Waals surface area (Å²) in [5.74, 6) is -1.18. The molecule has 0 atom stereocenters. The second-order valence-corrected chi connectivity index (χ2v) is 7.46. The zero-order chi connectivity index (χ0) is 22.4. The van der Waals surface area contributed by atoms with Gasteiger partial charge in [-0.1, -0.05) is 35.9 Å². The van der Waals surface area contributed by atoms with Crippen LogP contribution in [0, 0.1) is 10.1 Å². The van der Waals surface area contributed by atoms with Crippen molar-refractivity contribution >= 4 is 45.5 Å². The van der Waals surface area contributed by atoms with Crippen LogP contribution in [0.5, 0.6) is 5.75 Å². The molecule has 0 bridgehead atoms. The molecule has 0 saturated heterocycles. The predicted molar refractivity (Wildman–Crippen MR) is 118 cm³/mol. The van der Waals surface area contributed by atoms with Crippen molar-refractivity contribution in [2.45, 2.75) is 6.92 Å². The Morgan fingerprint density at radius 3 is 2.55 bits per heavy atom. The van der Waals surface area contributed by atoms with Gasteiger partial charge in [-0.2, -0.15) is 0 Å². The fourth-order valence-corrected chi connectivity index (χ4v) is 3.83. The van der Waals surface area contributed by atoms with Crippen molar-refractivity contribution in [1.82, 2.24) is 0 Å². The van der Waals surface area contributed by atoms with E-state index in [4.69, 9.17) is 21.1 Å². The third kappa shape index (κ3) is 5.39. The number of nitro benzene ring substituents is 1. The normalized spacial score (nSPS) is 10.4. The Morgan fingerprint density at radius 2 is 1.87 bits per heavy atom. The molecule has 1 heterocycles. The number of thiophene rings is 1. The first kappa shape index (κ1) is 22.3. The lowest BCUT2D eigenvalue weighted by Crippen LogP contribution is -2.21. The maximum Gasteiger partial charge on any atom is 0.341 e. The molecule has 1 N–H and O–H groups in total. The zero-order valence-corrected chi connectivity index (χ0v) is 17.9. The number of amides is 1. The van der Waals surface area contributed by atoms with E-state index in [-0.39, 0.29) is 23.6 Å². The van der Waals surface area contributed by atoms with Crippen molar-refractivity contribution < 1.29 is 24.0 Å². The lowest BCUT2D eigenvalue weighted by Gasteiger charge is -2.10. The number of anilines is 1. The summed E-state index contributed by atoms with van der Waals surface area (Å²) in [6, 6.07) is 12.7. The molecule has 1 aromatic heterocycles. The number of hydrogen-bond acceptors (Lipinski definition) is 7. The number of ether oxygens (including phenoxy) is 2. The largest absolute Gasteiger partial charge is 0.477 e. The van der Waals surface area contributed by atoms with Crippen molar-refractivity contribution in [3.63, 3.8) is 0 Å². The van der Waals surface area contributed by atoms with E-state index in [1.807, 2.05) is 0 Å². The molecule has 3 rings (SSSR count). The van der Waals surface area contributed by atoms with Crippen molar-refractivity contribution in [3.8, 4) is 16.9 Å². The second-order valence-electron chi connectivity index (χ2n) is 6.14. The maximum absolute atomic E-state index is 12.6. The van der Waals surface area contributed by atoms with Crippen LogP contribution in [0.25, 0.3) is 11.1 Å². The van der Waals surface area contributed by atoms with E-state index >= 15 is 0 Å². The fourth-order valence-electron chi connectivity index (χ4n) is 2.73. The van der Waals surface area contributed by atoms with Crippen LogP contribution in [-0.2, 0) is 9.53 Å². The van der Waals surface area contributed by atoms with Crippen LogP contribution in [0.4, 0.5) is 10.7 Å². The molecule has 3 aromatic rings. The number of rotatable bonds is 8. The summed E-state index contributed by atoms with van der Waals surface area (Å²) in [7, 11) is 0. The van der Waals surface area contributed by atoms with Gasteiger partial charge in [0.2, 0.25) is 0 Å². The first-order valence-corrected chi connectivity index (χ1v) is 10.4. The monoisotopic (exact) mass is 460 g/mol. The summed E-state index contributed by atoms with van der Waals surface area (Å²) in [6.07, 6.45) is 0. The minimum Gasteiger partial charge on any atom is -0.477 e. The minimum absolute atomic E-state index is 0.0266. The van der Waals surface area contributed by atoms with Gasteiger partial charge in [0.05, 0.1) is 11.5 Å². The number of esters is 1. The summed E-state index contributed by atoms with van der Waals surface area (Å²) in [6.45, 7) is 1.38. The first-order valence-electron chi connectivity index (χ1n) is 9.11. The summed E-state index contributed by atoms with van der Waals surface area (Å²) in [4.78, 5) is 35.5. The quantitative estimate of drug-likeness (QED) is 0.282. The van der Waals surface area contributed by atoms with Gasteiger partial charge in [-0.05, 0) is 30.7 Å². The summed E-state index contributed by atoms with van der Waals surface area (Å²) in [5, 5.41) is 16.3. The lowest BCUT2D eigenvalue weighted by molar-refractivity contribution is -0.385. The van der Waals surface area contributed by atoms with Gasteiger partial charge in [-0.15, -0.1) is 11.3 Å². The molecule has 0 unspecified atom stereocenters. The van der Waals surface area contributed by atoms with Gasteiger partial charge >= 0.3 is 11.7 Å². The summed E-state index contributed by atoms with van der Waals surface area (Å²) >= 11 is 7.10. The molecule has 0 spiro atoms. The molecule has 0 aliphatic rings. The van der Waals surface area contributed by atoms with Crippen LogP contribution < -0.4 is 10.1 Å². The number of nitro groups is 1. The van der Waals surface area contributed by atoms with Crippen LogP contribution >= 0.6 is 22.9 Å². The molecule has 2 aromatic carbocycles. The van der Waals surface area contributed by atoms with Crippen molar-refractivity contribution in [3.05, 3.63) is 74.6 Å². The van der Waals surface area contributed by atoms with E-state index in [0.717, 1.165) is 16.9 Å². The molecule has 0 fully saturated rings. The molecule has 0 saturated carbocycles. The van der Waals surface area contributed by atoms with E-state index in [1.165, 1.54) is 18.2 Å². The summed E-state index contributed by atoms with van der Waals surface area (Å²) in [5.41, 5.74) is 1.30. The SMILES string of the molecule is CCOC(=O)c1c(-c2ccc(Cl)cc2)csc1NC(=O)COc1ccccc1[N+](=O)[O-]. The highest BCUT2D eigenvalue weighted by Crippen LogP contribution is 2.36. The standard InChI is InChI=1S/C21H17ClN2O6S/c1-2-29-21(26)19-15(13-7-9-14(22)10-8-13)12-31-20(19)23-18(25)11-30-17-6-4-3-5-16(17)24(27)28/h3-10,12H,2,11H2,1H3,(H,23,25). The Bertz CT molecular complexity index is 1110. The van der Waals surface area contributed by atoms with Gasteiger partial charge < -0.3 is 14.8 Å². The third-order valence-corrected chi connectivity index (χ3v) is 5.25. The van der Waals surface area contributed by atoms with E-state index in [2.05, 4.69) is 5.32 Å². The van der Waals surface area contributed by atoms with Crippen LogP contribution in [-0.4, -0.2) is 30.0 Å². The number of hydrogen-bond donors (Lipinski definition) is 1. The van der Waals surface area contributed by atoms with E-state index in [1.54, 1.807) is 42.6 Å². The molecule has 1 amide bonds. The number of carbonyl (C=O) groups excluding carboxylic acids is 2. The Kier molecular flexibility index (Phi) is 7.22. The number of benzene rings is 2. The first-order chi connectivity index (χ1) is 14.9. The van der Waals surface area contributed by atoms with Crippen LogP contribution in [0.1, 0.15) is 17.3 Å². The Morgan fingerprint density at radius 1 is 1.16 bits per heavy atom. The van der Waals surface area contributed by atoms with Gasteiger partial charge in [0.15, 0.2) is 12.4 Å². The molecule has 0 radical (unpaired) electrons. The van der Waals surface area contributed by atoms with Gasteiger partial charge in [0, 0.05) is 22.0 Å². The van der Waals surface area contributed by atoms with Crippen LogP contribution in [0.3, 0.4) is 0 Å². The Hall–Kier alpha value is -3.43. The molecule has 31 heavy (non-hydrogen) atoms. The number of carbonyl (C=O) groups is 2. The number of para-hydroxylation sites is 2. The van der Waals surface area contributed by atoms with E-state index in [0.29, 0.717) is 15.6 Å². The molecular weight excluding hydrogens is 444 g/mol. The van der Waals surface area contributed by atoms with Gasteiger partial charge in [-0.3, -0.25) is 14.9 Å². The highest BCUT2D eigenvalue weighted by atomic mass is 35.5. The van der Waals surface area contributed by atoms with Gasteiger partial charge in [-0.25, -0.2) is 4.79 Å². The Labute approximate surface area is 186 Å². The van der Waals surface area contributed by atoms with Gasteiger partial charge in [0.25, 0.3) is 5.91 Å². The summed E-state index contributed by atoms with van der Waals surface area (Å²) < 4.78 is 10.5. The highest BCUT2D eigenvalue weighted by Gasteiger charge is 2.23. The molecule has 0 aliphatic carbocycles. The molecule has 8 nitrogen and oxygen atoms in total. The molecule has 10 heteroatoms. The minimum atomic E-state index is -0.593. The van der Waals surface area contributed by atoms with Crippen molar-refractivity contribution in [2.24, 2.45) is 0 Å². The number of halogens is 1. The predicted octanol–water partition coefficient (Wildman–Crippen LogP) is 5.17. The number of nitrogens with one attached hydrogen (secondary N) is 1. The Balaban J connectivity index is 1.81.